The highest BCUT2D eigenvalue weighted by atomic mass is 32.1. The van der Waals surface area contributed by atoms with Gasteiger partial charge in [0.1, 0.15) is 17.5 Å². The molecule has 3 heterocycles. The largest absolute Gasteiger partial charge is 0.444 e. The number of rotatable bonds is 5. The van der Waals surface area contributed by atoms with Crippen molar-refractivity contribution in [3.8, 4) is 10.4 Å². The monoisotopic (exact) mass is 459 g/mol. The molecule has 0 unspecified atom stereocenters. The first kappa shape index (κ1) is 21.8. The minimum Gasteiger partial charge on any atom is -0.444 e. The van der Waals surface area contributed by atoms with Crippen molar-refractivity contribution in [2.45, 2.75) is 39.0 Å². The van der Waals surface area contributed by atoms with E-state index in [1.54, 1.807) is 62.1 Å². The second kappa shape index (κ2) is 8.58. The number of cyclic esters (lactones) is 1. The molecule has 0 aliphatic carbocycles. The Balaban J connectivity index is 1.44. The fourth-order valence-electron chi connectivity index (χ4n) is 3.19. The van der Waals surface area contributed by atoms with Gasteiger partial charge in [0, 0.05) is 16.6 Å². The third-order valence-corrected chi connectivity index (χ3v) is 5.53. The van der Waals surface area contributed by atoms with Crippen LogP contribution >= 0.6 is 11.3 Å². The number of halogens is 1. The Morgan fingerprint density at radius 1 is 1.34 bits per heavy atom. The van der Waals surface area contributed by atoms with Crippen LogP contribution in [0.3, 0.4) is 0 Å². The summed E-state index contributed by atoms with van der Waals surface area (Å²) in [4.78, 5) is 26.2. The zero-order chi connectivity index (χ0) is 22.9. The van der Waals surface area contributed by atoms with Crippen LogP contribution in [-0.2, 0) is 16.0 Å². The molecule has 0 saturated carbocycles. The molecule has 1 N–H and O–H groups in total. The second-order valence-corrected chi connectivity index (χ2v) is 9.28. The Labute approximate surface area is 187 Å². The van der Waals surface area contributed by atoms with Crippen molar-refractivity contribution < 1.29 is 23.5 Å². The van der Waals surface area contributed by atoms with Crippen molar-refractivity contribution in [3.05, 3.63) is 48.5 Å². The van der Waals surface area contributed by atoms with E-state index >= 15 is 0 Å². The Morgan fingerprint density at radius 2 is 2.16 bits per heavy atom. The minimum absolute atomic E-state index is 0.278. The third-order valence-electron chi connectivity index (χ3n) is 4.50. The number of nitrogens with one attached hydrogen (secondary N) is 1. The molecule has 3 aromatic rings. The first-order chi connectivity index (χ1) is 15.2. The molecule has 4 rings (SSSR count). The van der Waals surface area contributed by atoms with E-state index < -0.39 is 29.7 Å². The Kier molecular flexibility index (Phi) is 5.83. The summed E-state index contributed by atoms with van der Waals surface area (Å²) < 4.78 is 27.1. The summed E-state index contributed by atoms with van der Waals surface area (Å²) in [5, 5.41) is 10.8. The number of aromatic nitrogens is 3. The minimum atomic E-state index is -0.614. The molecule has 1 fully saturated rings. The lowest BCUT2D eigenvalue weighted by Crippen LogP contribution is -2.26. The number of ether oxygens (including phenoxy) is 2. The van der Waals surface area contributed by atoms with E-state index in [0.717, 1.165) is 0 Å². The molecule has 11 heteroatoms. The fraction of sp³-hybridized carbons (Fsp3) is 0.333. The number of nitrogens with zero attached hydrogens (tertiary/aromatic N) is 4. The van der Waals surface area contributed by atoms with Crippen LogP contribution in [0.2, 0.25) is 0 Å². The van der Waals surface area contributed by atoms with Crippen molar-refractivity contribution in [2.75, 3.05) is 16.8 Å². The first-order valence-electron chi connectivity index (χ1n) is 9.90. The van der Waals surface area contributed by atoms with Crippen LogP contribution in [0.1, 0.15) is 20.8 Å². The van der Waals surface area contributed by atoms with E-state index in [1.807, 2.05) is 0 Å². The van der Waals surface area contributed by atoms with Crippen LogP contribution in [0.15, 0.2) is 42.7 Å². The molecule has 0 bridgehead atoms. The Hall–Kier alpha value is -3.47. The molecule has 2 aromatic heterocycles. The normalized spacial score (nSPS) is 16.2. The van der Waals surface area contributed by atoms with Crippen molar-refractivity contribution in [2.24, 2.45) is 0 Å². The van der Waals surface area contributed by atoms with Crippen LogP contribution in [0.5, 0.6) is 0 Å². The lowest BCUT2D eigenvalue weighted by atomic mass is 10.1. The molecule has 32 heavy (non-hydrogen) atoms. The highest BCUT2D eigenvalue weighted by Gasteiger charge is 2.33. The molecule has 9 nitrogen and oxygen atoms in total. The maximum absolute atomic E-state index is 14.9. The van der Waals surface area contributed by atoms with Gasteiger partial charge >= 0.3 is 12.2 Å². The summed E-state index contributed by atoms with van der Waals surface area (Å²) in [6, 6.07) is 7.97. The number of hydrogen-bond donors (Lipinski definition) is 1. The molecule has 1 aliphatic rings. The van der Waals surface area contributed by atoms with E-state index in [0.29, 0.717) is 27.7 Å². The second-order valence-electron chi connectivity index (χ2n) is 8.20. The molecular formula is C21H22FN5O4S. The molecule has 168 valence electrons. The summed E-state index contributed by atoms with van der Waals surface area (Å²) in [6.07, 6.45) is 1.70. The van der Waals surface area contributed by atoms with Gasteiger partial charge in [0.2, 0.25) is 0 Å². The van der Waals surface area contributed by atoms with E-state index in [9.17, 15) is 14.0 Å². The van der Waals surface area contributed by atoms with E-state index in [-0.39, 0.29) is 6.54 Å². The lowest BCUT2D eigenvalue weighted by molar-refractivity contribution is 0.0636. The van der Waals surface area contributed by atoms with Crippen molar-refractivity contribution in [1.29, 1.82) is 0 Å². The summed E-state index contributed by atoms with van der Waals surface area (Å²) in [6.45, 7) is 5.97. The van der Waals surface area contributed by atoms with Gasteiger partial charge in [-0.05, 0) is 51.1 Å². The van der Waals surface area contributed by atoms with Crippen LogP contribution in [0.25, 0.3) is 10.4 Å². The van der Waals surface area contributed by atoms with Crippen molar-refractivity contribution in [3.63, 3.8) is 0 Å². The van der Waals surface area contributed by atoms with Crippen molar-refractivity contribution >= 4 is 34.2 Å². The average Bonchev–Trinajstić information content (AvgIpc) is 3.42. The predicted molar refractivity (Wildman–Crippen MR) is 117 cm³/mol. The predicted octanol–water partition coefficient (Wildman–Crippen LogP) is 4.52. The Morgan fingerprint density at radius 3 is 2.84 bits per heavy atom. The van der Waals surface area contributed by atoms with Crippen LogP contribution in [0.4, 0.5) is 24.7 Å². The van der Waals surface area contributed by atoms with E-state index in [4.69, 9.17) is 9.47 Å². The van der Waals surface area contributed by atoms with Gasteiger partial charge in [-0.2, -0.15) is 0 Å². The maximum Gasteiger partial charge on any atom is 0.414 e. The third kappa shape index (κ3) is 5.05. The smallest absolute Gasteiger partial charge is 0.414 e. The molecule has 2 amide bonds. The summed E-state index contributed by atoms with van der Waals surface area (Å²) >= 11 is 1.22. The van der Waals surface area contributed by atoms with Gasteiger partial charge in [-0.1, -0.05) is 5.21 Å². The van der Waals surface area contributed by atoms with Gasteiger partial charge in [0.25, 0.3) is 0 Å². The van der Waals surface area contributed by atoms with Crippen LogP contribution in [-0.4, -0.2) is 45.4 Å². The molecule has 1 aromatic carbocycles. The van der Waals surface area contributed by atoms with Gasteiger partial charge < -0.3 is 9.47 Å². The zero-order valence-corrected chi connectivity index (χ0v) is 18.6. The first-order valence-corrected chi connectivity index (χ1v) is 10.7. The standard InChI is InChI=1S/C21H22FN5O4S/c1-21(2,3)31-19(28)24-18-7-6-17(32-18)15-5-4-13(10-16(15)22)27-12-14(30-20(27)29)11-26-9-8-23-25-26/h4-10,14H,11-12H2,1-3H3,(H,24,28)/t14-/m0/s1. The lowest BCUT2D eigenvalue weighted by Gasteiger charge is -2.19. The summed E-state index contributed by atoms with van der Waals surface area (Å²) in [5.41, 5.74) is 0.153. The number of benzene rings is 1. The zero-order valence-electron chi connectivity index (χ0n) is 17.7. The van der Waals surface area contributed by atoms with Crippen LogP contribution < -0.4 is 10.2 Å². The summed E-state index contributed by atoms with van der Waals surface area (Å²) in [5.74, 6) is -0.485. The quantitative estimate of drug-likeness (QED) is 0.602. The molecule has 1 saturated heterocycles. The molecule has 1 aliphatic heterocycles. The van der Waals surface area contributed by atoms with Crippen molar-refractivity contribution in [1.82, 2.24) is 15.0 Å². The number of thiophene rings is 1. The van der Waals surface area contributed by atoms with Crippen LogP contribution in [0, 0.1) is 5.82 Å². The number of carbonyl (C=O) groups is 2. The fourth-order valence-corrected chi connectivity index (χ4v) is 4.11. The SMILES string of the molecule is CC(C)(C)OC(=O)Nc1ccc(-c2ccc(N3C[C@H](Cn4ccnn4)OC3=O)cc2F)s1. The number of carbonyl (C=O) groups excluding carboxylic acids is 2. The number of anilines is 2. The maximum atomic E-state index is 14.9. The van der Waals surface area contributed by atoms with E-state index in [1.165, 1.54) is 22.3 Å². The van der Waals surface area contributed by atoms with Gasteiger partial charge in [-0.15, -0.1) is 16.4 Å². The number of amides is 2. The van der Waals surface area contributed by atoms with E-state index in [2.05, 4.69) is 15.6 Å². The molecule has 0 radical (unpaired) electrons. The molecule has 0 spiro atoms. The van der Waals surface area contributed by atoms with Gasteiger partial charge in [-0.25, -0.2) is 18.7 Å². The Bertz CT molecular complexity index is 1130. The van der Waals surface area contributed by atoms with Gasteiger partial charge in [0.15, 0.2) is 0 Å². The average molecular weight is 460 g/mol. The molecular weight excluding hydrogens is 437 g/mol. The molecule has 1 atom stereocenters. The highest BCUT2D eigenvalue weighted by molar-refractivity contribution is 7.19. The van der Waals surface area contributed by atoms with Gasteiger partial charge in [-0.3, -0.25) is 10.2 Å². The summed E-state index contributed by atoms with van der Waals surface area (Å²) in [7, 11) is 0. The highest BCUT2D eigenvalue weighted by Crippen LogP contribution is 2.35. The number of hydrogen-bond acceptors (Lipinski definition) is 7. The topological polar surface area (TPSA) is 98.6 Å². The van der Waals surface area contributed by atoms with Gasteiger partial charge in [0.05, 0.1) is 30.0 Å².